The molecule has 0 aromatic heterocycles. The van der Waals surface area contributed by atoms with Gasteiger partial charge < -0.3 is 9.05 Å². The van der Waals surface area contributed by atoms with Crippen LogP contribution in [0.1, 0.15) is 20.3 Å². The van der Waals surface area contributed by atoms with Crippen molar-refractivity contribution in [2.75, 3.05) is 13.2 Å². The molecule has 1 heterocycles. The van der Waals surface area contributed by atoms with Crippen molar-refractivity contribution in [3.05, 3.63) is 12.2 Å². The van der Waals surface area contributed by atoms with Gasteiger partial charge in [0.2, 0.25) is 11.8 Å². The number of nitrogens with one attached hydrogen (secondary N) is 1. The van der Waals surface area contributed by atoms with Crippen LogP contribution in [0, 0.1) is 11.8 Å². The third-order valence-corrected chi connectivity index (χ3v) is 5.85. The van der Waals surface area contributed by atoms with Crippen molar-refractivity contribution in [3.8, 4) is 0 Å². The number of amides is 2. The van der Waals surface area contributed by atoms with Crippen LogP contribution >= 0.6 is 7.60 Å². The Morgan fingerprint density at radius 2 is 1.89 bits per heavy atom. The van der Waals surface area contributed by atoms with E-state index >= 15 is 0 Å². The van der Waals surface area contributed by atoms with E-state index in [-0.39, 0.29) is 25.0 Å². The average molecular weight is 287 g/mol. The van der Waals surface area contributed by atoms with E-state index in [2.05, 4.69) is 5.32 Å². The lowest BCUT2D eigenvalue weighted by Crippen LogP contribution is -2.33. The van der Waals surface area contributed by atoms with Crippen LogP contribution in [0.25, 0.3) is 0 Å². The van der Waals surface area contributed by atoms with Crippen molar-refractivity contribution >= 4 is 19.4 Å². The molecule has 2 aliphatic rings. The van der Waals surface area contributed by atoms with Gasteiger partial charge in [-0.05, 0) is 20.3 Å². The highest BCUT2D eigenvalue weighted by atomic mass is 31.2. The first kappa shape index (κ1) is 14.4. The summed E-state index contributed by atoms with van der Waals surface area (Å²) in [5.74, 6) is -1.80. The summed E-state index contributed by atoms with van der Waals surface area (Å²) in [4.78, 5) is 23.6. The van der Waals surface area contributed by atoms with E-state index < -0.39 is 25.1 Å². The number of rotatable bonds is 5. The summed E-state index contributed by atoms with van der Waals surface area (Å²) >= 11 is 0. The summed E-state index contributed by atoms with van der Waals surface area (Å²) in [5.41, 5.74) is -0.683. The molecule has 106 valence electrons. The molecule has 1 aliphatic carbocycles. The molecule has 6 nitrogen and oxygen atoms in total. The molecule has 0 aromatic carbocycles. The molecule has 2 amide bonds. The quantitative estimate of drug-likeness (QED) is 0.470. The summed E-state index contributed by atoms with van der Waals surface area (Å²) in [5, 5.41) is 2.30. The zero-order valence-electron chi connectivity index (χ0n) is 11.0. The Labute approximate surface area is 112 Å². The molecule has 0 saturated carbocycles. The molecule has 1 saturated heterocycles. The predicted molar refractivity (Wildman–Crippen MR) is 68.5 cm³/mol. The molecule has 0 radical (unpaired) electrons. The highest BCUT2D eigenvalue weighted by Gasteiger charge is 2.53. The third kappa shape index (κ3) is 2.53. The van der Waals surface area contributed by atoms with E-state index in [0.717, 1.165) is 0 Å². The van der Waals surface area contributed by atoms with Crippen molar-refractivity contribution in [1.29, 1.82) is 0 Å². The van der Waals surface area contributed by atoms with Crippen LogP contribution in [-0.2, 0) is 23.2 Å². The van der Waals surface area contributed by atoms with Gasteiger partial charge in [-0.25, -0.2) is 0 Å². The van der Waals surface area contributed by atoms with Gasteiger partial charge in [-0.1, -0.05) is 12.2 Å². The molecule has 1 aliphatic heterocycles. The summed E-state index contributed by atoms with van der Waals surface area (Å²) in [6, 6.07) is 0. The Kier molecular flexibility index (Phi) is 4.23. The Morgan fingerprint density at radius 3 is 2.47 bits per heavy atom. The van der Waals surface area contributed by atoms with Crippen molar-refractivity contribution in [1.82, 2.24) is 5.32 Å². The van der Waals surface area contributed by atoms with Crippen molar-refractivity contribution < 1.29 is 23.2 Å². The zero-order valence-corrected chi connectivity index (χ0v) is 11.9. The standard InChI is InChI=1S/C12H18NO5P/c1-3-17-19(16,18-4-2)9-7-5-6-8-10(9)12(15)13-11(8)14/h5,7-10H,3-4,6H2,1-2H3,(H,13,14,15)/t8-,9+,10-/m0/s1. The molecule has 0 spiro atoms. The van der Waals surface area contributed by atoms with Gasteiger partial charge in [-0.15, -0.1) is 0 Å². The van der Waals surface area contributed by atoms with Gasteiger partial charge in [0.05, 0.1) is 30.7 Å². The van der Waals surface area contributed by atoms with Crippen LogP contribution in [0.2, 0.25) is 0 Å². The number of carbonyl (C=O) groups is 2. The van der Waals surface area contributed by atoms with E-state index in [0.29, 0.717) is 6.42 Å². The Bertz CT molecular complexity index is 451. The van der Waals surface area contributed by atoms with Crippen LogP contribution < -0.4 is 5.32 Å². The predicted octanol–water partition coefficient (Wildman–Crippen LogP) is 1.47. The molecular weight excluding hydrogens is 269 g/mol. The minimum atomic E-state index is -3.43. The van der Waals surface area contributed by atoms with Crippen LogP contribution in [0.15, 0.2) is 12.2 Å². The highest BCUT2D eigenvalue weighted by molar-refractivity contribution is 7.55. The number of hydrogen-bond donors (Lipinski definition) is 1. The molecule has 0 unspecified atom stereocenters. The molecule has 2 rings (SSSR count). The molecule has 3 atom stereocenters. The van der Waals surface area contributed by atoms with Gasteiger partial charge in [-0.2, -0.15) is 0 Å². The molecule has 19 heavy (non-hydrogen) atoms. The normalized spacial score (nSPS) is 30.3. The van der Waals surface area contributed by atoms with Gasteiger partial charge in [0.25, 0.3) is 0 Å². The lowest BCUT2D eigenvalue weighted by Gasteiger charge is -2.31. The first-order valence-electron chi connectivity index (χ1n) is 6.43. The number of carbonyl (C=O) groups excluding carboxylic acids is 2. The van der Waals surface area contributed by atoms with Crippen LogP contribution in [-0.4, -0.2) is 30.7 Å². The summed E-state index contributed by atoms with van der Waals surface area (Å²) in [6.07, 6.45) is 3.94. The van der Waals surface area contributed by atoms with Crippen LogP contribution in [0.5, 0.6) is 0 Å². The van der Waals surface area contributed by atoms with E-state index in [9.17, 15) is 14.2 Å². The van der Waals surface area contributed by atoms with E-state index in [1.54, 1.807) is 26.0 Å². The van der Waals surface area contributed by atoms with Crippen LogP contribution in [0.3, 0.4) is 0 Å². The fraction of sp³-hybridized carbons (Fsp3) is 0.667. The monoisotopic (exact) mass is 287 g/mol. The SMILES string of the molecule is CCOP(=O)(OCC)[C@@H]1C=CC[C@@H]2C(=O)NC(=O)[C@@H]21. The van der Waals surface area contributed by atoms with Gasteiger partial charge >= 0.3 is 7.60 Å². The fourth-order valence-electron chi connectivity index (χ4n) is 2.65. The molecule has 0 aromatic rings. The Morgan fingerprint density at radius 1 is 1.26 bits per heavy atom. The minimum absolute atomic E-state index is 0.231. The van der Waals surface area contributed by atoms with Crippen molar-refractivity contribution in [3.63, 3.8) is 0 Å². The molecule has 7 heteroatoms. The van der Waals surface area contributed by atoms with Crippen LogP contribution in [0.4, 0.5) is 0 Å². The second-order valence-corrected chi connectivity index (χ2v) is 6.71. The fourth-order valence-corrected chi connectivity index (χ4v) is 4.85. The first-order valence-corrected chi connectivity index (χ1v) is 8.04. The maximum atomic E-state index is 12.8. The molecule has 1 N–H and O–H groups in total. The Balaban J connectivity index is 2.34. The van der Waals surface area contributed by atoms with E-state index in [4.69, 9.17) is 9.05 Å². The van der Waals surface area contributed by atoms with Gasteiger partial charge in [0.15, 0.2) is 0 Å². The average Bonchev–Trinajstić information content (AvgIpc) is 2.66. The lowest BCUT2D eigenvalue weighted by atomic mass is 9.85. The number of hydrogen-bond acceptors (Lipinski definition) is 5. The lowest BCUT2D eigenvalue weighted by molar-refractivity contribution is -0.126. The van der Waals surface area contributed by atoms with E-state index in [1.165, 1.54) is 0 Å². The minimum Gasteiger partial charge on any atom is -0.308 e. The van der Waals surface area contributed by atoms with Crippen molar-refractivity contribution in [2.45, 2.75) is 25.9 Å². The zero-order chi connectivity index (χ0) is 14.0. The second kappa shape index (κ2) is 5.57. The van der Waals surface area contributed by atoms with E-state index in [1.807, 2.05) is 0 Å². The number of imide groups is 1. The largest absolute Gasteiger partial charge is 0.338 e. The summed E-state index contributed by atoms with van der Waals surface area (Å²) in [6.45, 7) is 3.90. The number of allylic oxidation sites excluding steroid dienone is 2. The van der Waals surface area contributed by atoms with Gasteiger partial charge in [0.1, 0.15) is 0 Å². The second-order valence-electron chi connectivity index (χ2n) is 4.52. The summed E-state index contributed by atoms with van der Waals surface area (Å²) < 4.78 is 23.4. The number of fused-ring (bicyclic) bond motifs is 1. The maximum Gasteiger partial charge on any atom is 0.338 e. The smallest absolute Gasteiger partial charge is 0.308 e. The molecule has 1 fully saturated rings. The molecule has 0 bridgehead atoms. The third-order valence-electron chi connectivity index (χ3n) is 3.39. The Hall–Kier alpha value is -0.970. The van der Waals surface area contributed by atoms with Gasteiger partial charge in [0, 0.05) is 0 Å². The van der Waals surface area contributed by atoms with Gasteiger partial charge in [-0.3, -0.25) is 19.5 Å². The maximum absolute atomic E-state index is 12.8. The first-order chi connectivity index (χ1) is 9.03. The molecular formula is C12H18NO5P. The summed E-state index contributed by atoms with van der Waals surface area (Å²) in [7, 11) is -3.43. The topological polar surface area (TPSA) is 81.7 Å². The van der Waals surface area contributed by atoms with Crippen molar-refractivity contribution in [2.24, 2.45) is 11.8 Å². The highest BCUT2D eigenvalue weighted by Crippen LogP contribution is 2.59.